The highest BCUT2D eigenvalue weighted by Gasteiger charge is 2.32. The van der Waals surface area contributed by atoms with Gasteiger partial charge in [-0.15, -0.1) is 0 Å². The molecule has 0 saturated heterocycles. The van der Waals surface area contributed by atoms with E-state index in [4.69, 9.17) is 0 Å². The van der Waals surface area contributed by atoms with Crippen molar-refractivity contribution in [1.82, 2.24) is 34.2 Å². The predicted molar refractivity (Wildman–Crippen MR) is 125 cm³/mol. The molecule has 3 aromatic heterocycles. The van der Waals surface area contributed by atoms with E-state index < -0.39 is 6.43 Å². The van der Waals surface area contributed by atoms with Gasteiger partial charge in [0.05, 0.1) is 11.9 Å². The first-order valence-electron chi connectivity index (χ1n) is 11.1. The van der Waals surface area contributed by atoms with Crippen LogP contribution in [0, 0.1) is 6.92 Å². The number of carbonyl (C=O) groups excluding carboxylic acids is 1. The predicted octanol–water partition coefficient (Wildman–Crippen LogP) is 4.11. The van der Waals surface area contributed by atoms with Crippen LogP contribution in [0.4, 0.5) is 20.5 Å². The first-order valence-corrected chi connectivity index (χ1v) is 11.1. The molecule has 0 unspecified atom stereocenters. The molecular weight excluding hydrogens is 454 g/mol. The maximum Gasteiger partial charge on any atom is 0.290 e. The molecule has 1 aromatic carbocycles. The van der Waals surface area contributed by atoms with Gasteiger partial charge in [-0.25, -0.2) is 23.7 Å². The zero-order valence-corrected chi connectivity index (χ0v) is 19.5. The number of fused-ring (bicyclic) bond motifs is 1. The van der Waals surface area contributed by atoms with Gasteiger partial charge >= 0.3 is 0 Å². The van der Waals surface area contributed by atoms with E-state index in [2.05, 4.69) is 25.4 Å². The summed E-state index contributed by atoms with van der Waals surface area (Å²) < 4.78 is 29.7. The van der Waals surface area contributed by atoms with Crippen molar-refractivity contribution in [2.24, 2.45) is 7.05 Å². The molecule has 9 nitrogen and oxygen atoms in total. The minimum Gasteiger partial charge on any atom is -0.327 e. The monoisotopic (exact) mass is 478 g/mol. The van der Waals surface area contributed by atoms with E-state index in [0.29, 0.717) is 35.3 Å². The fourth-order valence-electron chi connectivity index (χ4n) is 4.18. The Morgan fingerprint density at radius 3 is 2.80 bits per heavy atom. The number of alkyl halides is 2. The number of carbonyl (C=O) groups is 1. The molecule has 1 aliphatic rings. The Labute approximate surface area is 200 Å². The van der Waals surface area contributed by atoms with Crippen LogP contribution in [0.15, 0.2) is 48.9 Å². The Balaban J connectivity index is 1.42. The van der Waals surface area contributed by atoms with Crippen LogP contribution in [-0.4, -0.2) is 46.1 Å². The molecule has 35 heavy (non-hydrogen) atoms. The highest BCUT2D eigenvalue weighted by Crippen LogP contribution is 2.27. The number of nitrogens with one attached hydrogen (secondary N) is 1. The highest BCUT2D eigenvalue weighted by molar-refractivity contribution is 5.92. The van der Waals surface area contributed by atoms with Gasteiger partial charge < -0.3 is 14.8 Å². The summed E-state index contributed by atoms with van der Waals surface area (Å²) in [7, 11) is 1.81. The molecule has 0 spiro atoms. The van der Waals surface area contributed by atoms with E-state index in [1.807, 2.05) is 37.7 Å². The van der Waals surface area contributed by atoms with Gasteiger partial charge in [-0.3, -0.25) is 9.48 Å². The van der Waals surface area contributed by atoms with Crippen LogP contribution < -0.4 is 5.32 Å². The molecule has 0 radical (unpaired) electrons. The summed E-state index contributed by atoms with van der Waals surface area (Å²) in [6, 6.07) is 7.84. The number of rotatable bonds is 6. The lowest BCUT2D eigenvalue weighted by Crippen LogP contribution is -2.46. The highest BCUT2D eigenvalue weighted by atomic mass is 19.3. The van der Waals surface area contributed by atoms with Crippen LogP contribution in [0.5, 0.6) is 0 Å². The number of aromatic nitrogens is 6. The van der Waals surface area contributed by atoms with Crippen LogP contribution >= 0.6 is 0 Å². The number of hydrogen-bond donors (Lipinski definition) is 1. The number of hydrogen-bond acceptors (Lipinski definition) is 6. The summed E-state index contributed by atoms with van der Waals surface area (Å²) in [5, 5.41) is 7.25. The number of nitrogens with zero attached hydrogens (tertiary/aromatic N) is 7. The summed E-state index contributed by atoms with van der Waals surface area (Å²) in [4.78, 5) is 28.6. The maximum absolute atomic E-state index is 13.3. The molecule has 4 aromatic rings. The molecule has 11 heteroatoms. The Kier molecular flexibility index (Phi) is 5.75. The second-order valence-electron chi connectivity index (χ2n) is 8.62. The average Bonchev–Trinajstić information content (AvgIpc) is 3.44. The SMILES string of the molecule is Cc1cnc(Nc2ccnn2C)nc1-c1cn2c(n1)C(=O)N(Cc1cccc(C(F)F)c1)[C@@H](C)C2. The Bertz CT molecular complexity index is 1400. The van der Waals surface area contributed by atoms with Crippen molar-refractivity contribution in [1.29, 1.82) is 0 Å². The second-order valence-corrected chi connectivity index (χ2v) is 8.62. The van der Waals surface area contributed by atoms with Gasteiger partial charge in [-0.2, -0.15) is 5.10 Å². The minimum atomic E-state index is -2.56. The molecule has 1 amide bonds. The van der Waals surface area contributed by atoms with Crippen molar-refractivity contribution < 1.29 is 13.6 Å². The van der Waals surface area contributed by atoms with Crippen molar-refractivity contribution in [2.45, 2.75) is 39.4 Å². The summed E-state index contributed by atoms with van der Waals surface area (Å²) in [6.45, 7) is 4.58. The Morgan fingerprint density at radius 1 is 1.23 bits per heavy atom. The van der Waals surface area contributed by atoms with Crippen LogP contribution in [0.2, 0.25) is 0 Å². The van der Waals surface area contributed by atoms with E-state index >= 15 is 0 Å². The van der Waals surface area contributed by atoms with E-state index in [0.717, 1.165) is 11.4 Å². The molecule has 1 N–H and O–H groups in total. The van der Waals surface area contributed by atoms with Gasteiger partial charge in [-0.05, 0) is 31.0 Å². The molecule has 1 atom stereocenters. The topological polar surface area (TPSA) is 93.8 Å². The molecule has 0 bridgehead atoms. The third-order valence-electron chi connectivity index (χ3n) is 6.05. The van der Waals surface area contributed by atoms with E-state index in [-0.39, 0.29) is 24.1 Å². The van der Waals surface area contributed by atoms with E-state index in [1.54, 1.807) is 34.1 Å². The lowest BCUT2D eigenvalue weighted by atomic mass is 10.1. The van der Waals surface area contributed by atoms with Gasteiger partial charge in [0.25, 0.3) is 12.3 Å². The van der Waals surface area contributed by atoms with Gasteiger partial charge in [0.15, 0.2) is 5.82 Å². The molecule has 5 rings (SSSR count). The summed E-state index contributed by atoms with van der Waals surface area (Å²) in [6.07, 6.45) is 2.64. The number of halogens is 2. The summed E-state index contributed by atoms with van der Waals surface area (Å²) in [5.74, 6) is 1.17. The van der Waals surface area contributed by atoms with Gasteiger partial charge in [0, 0.05) is 50.2 Å². The van der Waals surface area contributed by atoms with Crippen molar-refractivity contribution in [3.63, 3.8) is 0 Å². The van der Waals surface area contributed by atoms with E-state index in [1.165, 1.54) is 12.1 Å². The van der Waals surface area contributed by atoms with Crippen molar-refractivity contribution in [2.75, 3.05) is 5.32 Å². The van der Waals surface area contributed by atoms with Gasteiger partial charge in [0.1, 0.15) is 11.5 Å². The smallest absolute Gasteiger partial charge is 0.290 e. The minimum absolute atomic E-state index is 0.0572. The molecule has 4 heterocycles. The first kappa shape index (κ1) is 22.6. The third-order valence-corrected chi connectivity index (χ3v) is 6.05. The number of anilines is 2. The van der Waals surface area contributed by atoms with Gasteiger partial charge in [0.2, 0.25) is 5.95 Å². The largest absolute Gasteiger partial charge is 0.327 e. The number of aryl methyl sites for hydroxylation is 2. The van der Waals surface area contributed by atoms with Crippen molar-refractivity contribution >= 4 is 17.7 Å². The number of benzene rings is 1. The van der Waals surface area contributed by atoms with E-state index in [9.17, 15) is 13.6 Å². The Hall–Kier alpha value is -4.15. The number of imidazole rings is 1. The molecule has 0 saturated carbocycles. The number of amides is 1. The lowest BCUT2D eigenvalue weighted by molar-refractivity contribution is 0.0587. The van der Waals surface area contributed by atoms with Crippen LogP contribution in [0.1, 0.15) is 40.7 Å². The van der Waals surface area contributed by atoms with Crippen molar-refractivity contribution in [3.05, 3.63) is 71.4 Å². The summed E-state index contributed by atoms with van der Waals surface area (Å²) in [5.41, 5.74) is 2.59. The fraction of sp³-hybridized carbons (Fsp3) is 0.292. The third kappa shape index (κ3) is 4.36. The van der Waals surface area contributed by atoms with Crippen molar-refractivity contribution in [3.8, 4) is 11.4 Å². The molecule has 1 aliphatic heterocycles. The lowest BCUT2D eigenvalue weighted by Gasteiger charge is -2.33. The molecule has 180 valence electrons. The standard InChI is InChI=1S/C24H24F2N8O/c1-14-10-27-24(30-19-7-8-28-32(19)3)31-20(14)18-13-33-11-15(2)34(23(35)22(33)29-18)12-16-5-4-6-17(9-16)21(25)26/h4-10,13,15,21H,11-12H2,1-3H3,(H,27,30,31)/t15-/m0/s1. The van der Waals surface area contributed by atoms with Crippen LogP contribution in [0.25, 0.3) is 11.4 Å². The molecular formula is C24H24F2N8O. The quantitative estimate of drug-likeness (QED) is 0.448. The normalized spacial score (nSPS) is 15.5. The van der Waals surface area contributed by atoms with Gasteiger partial charge in [-0.1, -0.05) is 18.2 Å². The van der Waals surface area contributed by atoms with Crippen LogP contribution in [0.3, 0.4) is 0 Å². The summed E-state index contributed by atoms with van der Waals surface area (Å²) >= 11 is 0. The maximum atomic E-state index is 13.3. The van der Waals surface area contributed by atoms with Crippen LogP contribution in [-0.2, 0) is 20.1 Å². The molecule has 0 aliphatic carbocycles. The zero-order chi connectivity index (χ0) is 24.7. The fourth-order valence-corrected chi connectivity index (χ4v) is 4.18. The zero-order valence-electron chi connectivity index (χ0n) is 19.5. The second kappa shape index (κ2) is 8.90. The first-order chi connectivity index (χ1) is 16.8. The average molecular weight is 479 g/mol. The Morgan fingerprint density at radius 2 is 2.06 bits per heavy atom. The molecule has 0 fully saturated rings.